The van der Waals surface area contributed by atoms with Gasteiger partial charge in [0.05, 0.1) is 12.8 Å². The van der Waals surface area contributed by atoms with Crippen LogP contribution in [0, 0.1) is 5.92 Å². The van der Waals surface area contributed by atoms with Gasteiger partial charge in [-0.25, -0.2) is 0 Å². The number of nitrogens with one attached hydrogen (secondary N) is 1. The molecule has 0 saturated heterocycles. The van der Waals surface area contributed by atoms with Crippen LogP contribution >= 0.6 is 0 Å². The van der Waals surface area contributed by atoms with E-state index < -0.39 is 0 Å². The first-order valence-electron chi connectivity index (χ1n) is 7.98. The van der Waals surface area contributed by atoms with Gasteiger partial charge in [-0.3, -0.25) is 4.98 Å². The van der Waals surface area contributed by atoms with Crippen molar-refractivity contribution in [1.29, 1.82) is 0 Å². The van der Waals surface area contributed by atoms with Crippen LogP contribution in [0.2, 0.25) is 0 Å². The number of pyridine rings is 1. The normalized spacial score (nSPS) is 12.7. The minimum atomic E-state index is 0.384. The maximum Gasteiger partial charge on any atom is 0.137 e. The summed E-state index contributed by atoms with van der Waals surface area (Å²) in [5.41, 5.74) is 1.24. The van der Waals surface area contributed by atoms with E-state index in [-0.39, 0.29) is 0 Å². The molecule has 0 aliphatic rings. The summed E-state index contributed by atoms with van der Waals surface area (Å²) in [5, 5.41) is 3.63. The van der Waals surface area contributed by atoms with E-state index in [2.05, 4.69) is 44.1 Å². The Labute approximate surface area is 124 Å². The Hall–Kier alpha value is -1.09. The first-order chi connectivity index (χ1) is 9.67. The Kier molecular flexibility index (Phi) is 8.28. The average molecular weight is 278 g/mol. The molecule has 1 aromatic heterocycles. The molecule has 0 saturated carbocycles. The SMILES string of the molecule is CCCNC(CCC(C)C)c1cncc(OCCC)c1. The van der Waals surface area contributed by atoms with Gasteiger partial charge in [0.15, 0.2) is 0 Å². The van der Waals surface area contributed by atoms with Gasteiger partial charge in [-0.1, -0.05) is 27.7 Å². The number of nitrogens with zero attached hydrogens (tertiary/aromatic N) is 1. The monoisotopic (exact) mass is 278 g/mol. The standard InChI is InChI=1S/C17H30N2O/c1-5-9-19-17(8-7-14(3)4)15-11-16(13-18-12-15)20-10-6-2/h11-14,17,19H,5-10H2,1-4H3. The minimum Gasteiger partial charge on any atom is -0.492 e. The van der Waals surface area contributed by atoms with Crippen molar-refractivity contribution in [2.24, 2.45) is 5.92 Å². The van der Waals surface area contributed by atoms with E-state index in [9.17, 15) is 0 Å². The van der Waals surface area contributed by atoms with Crippen LogP contribution in [-0.2, 0) is 0 Å². The van der Waals surface area contributed by atoms with Crippen LogP contribution in [0.5, 0.6) is 5.75 Å². The zero-order valence-electron chi connectivity index (χ0n) is 13.5. The van der Waals surface area contributed by atoms with Gasteiger partial charge in [0.1, 0.15) is 5.75 Å². The lowest BCUT2D eigenvalue weighted by molar-refractivity contribution is 0.315. The Balaban J connectivity index is 2.71. The van der Waals surface area contributed by atoms with Crippen LogP contribution in [0.25, 0.3) is 0 Å². The van der Waals surface area contributed by atoms with Gasteiger partial charge in [0.2, 0.25) is 0 Å². The number of rotatable bonds is 10. The maximum atomic E-state index is 5.69. The van der Waals surface area contributed by atoms with Crippen molar-refractivity contribution >= 4 is 0 Å². The summed E-state index contributed by atoms with van der Waals surface area (Å²) in [6.45, 7) is 10.7. The largest absolute Gasteiger partial charge is 0.492 e. The molecular weight excluding hydrogens is 248 g/mol. The highest BCUT2D eigenvalue weighted by Crippen LogP contribution is 2.23. The first-order valence-corrected chi connectivity index (χ1v) is 7.98. The van der Waals surface area contributed by atoms with Crippen LogP contribution in [0.4, 0.5) is 0 Å². The fourth-order valence-corrected chi connectivity index (χ4v) is 2.13. The van der Waals surface area contributed by atoms with E-state index in [0.29, 0.717) is 6.04 Å². The van der Waals surface area contributed by atoms with Gasteiger partial charge in [-0.05, 0) is 49.8 Å². The van der Waals surface area contributed by atoms with E-state index in [1.807, 2.05) is 6.20 Å². The van der Waals surface area contributed by atoms with Crippen molar-refractivity contribution in [3.8, 4) is 5.75 Å². The minimum absolute atomic E-state index is 0.384. The van der Waals surface area contributed by atoms with Crippen LogP contribution in [0.15, 0.2) is 18.5 Å². The molecule has 0 aromatic carbocycles. The summed E-state index contributed by atoms with van der Waals surface area (Å²) in [7, 11) is 0. The number of hydrogen-bond acceptors (Lipinski definition) is 3. The molecular formula is C17H30N2O. The molecule has 0 bridgehead atoms. The summed E-state index contributed by atoms with van der Waals surface area (Å²) in [5.74, 6) is 1.62. The molecule has 0 spiro atoms. The van der Waals surface area contributed by atoms with E-state index in [1.165, 1.54) is 12.0 Å². The lowest BCUT2D eigenvalue weighted by Crippen LogP contribution is -2.22. The van der Waals surface area contributed by atoms with Gasteiger partial charge in [0.25, 0.3) is 0 Å². The van der Waals surface area contributed by atoms with Crippen molar-refractivity contribution in [3.63, 3.8) is 0 Å². The van der Waals surface area contributed by atoms with Crippen molar-refractivity contribution in [3.05, 3.63) is 24.0 Å². The van der Waals surface area contributed by atoms with Crippen molar-refractivity contribution < 1.29 is 4.74 Å². The van der Waals surface area contributed by atoms with Crippen molar-refractivity contribution in [2.45, 2.75) is 59.4 Å². The van der Waals surface area contributed by atoms with E-state index in [1.54, 1.807) is 6.20 Å². The molecule has 0 amide bonds. The number of hydrogen-bond donors (Lipinski definition) is 1. The second-order valence-corrected chi connectivity index (χ2v) is 5.78. The maximum absolute atomic E-state index is 5.69. The molecule has 0 radical (unpaired) electrons. The predicted octanol–water partition coefficient (Wildman–Crippen LogP) is 4.35. The molecule has 0 aliphatic heterocycles. The molecule has 0 fully saturated rings. The Morgan fingerprint density at radius 1 is 1.15 bits per heavy atom. The first kappa shape index (κ1) is 17.0. The Bertz CT molecular complexity index is 366. The quantitative estimate of drug-likeness (QED) is 0.691. The fourth-order valence-electron chi connectivity index (χ4n) is 2.13. The van der Waals surface area contributed by atoms with Crippen molar-refractivity contribution in [1.82, 2.24) is 10.3 Å². The van der Waals surface area contributed by atoms with Gasteiger partial charge in [-0.15, -0.1) is 0 Å². The van der Waals surface area contributed by atoms with Gasteiger partial charge in [0, 0.05) is 12.2 Å². The van der Waals surface area contributed by atoms with E-state index >= 15 is 0 Å². The summed E-state index contributed by atoms with van der Waals surface area (Å²) < 4.78 is 5.69. The zero-order chi connectivity index (χ0) is 14.8. The Morgan fingerprint density at radius 3 is 2.60 bits per heavy atom. The highest BCUT2D eigenvalue weighted by Gasteiger charge is 2.12. The third kappa shape index (κ3) is 6.38. The molecule has 1 unspecified atom stereocenters. The third-order valence-corrected chi connectivity index (χ3v) is 3.28. The molecule has 3 nitrogen and oxygen atoms in total. The summed E-state index contributed by atoms with van der Waals surface area (Å²) in [4.78, 5) is 4.33. The second kappa shape index (κ2) is 9.76. The Morgan fingerprint density at radius 2 is 1.95 bits per heavy atom. The molecule has 0 aliphatic carbocycles. The third-order valence-electron chi connectivity index (χ3n) is 3.28. The second-order valence-electron chi connectivity index (χ2n) is 5.78. The average Bonchev–Trinajstić information content (AvgIpc) is 2.45. The predicted molar refractivity (Wildman–Crippen MR) is 85.1 cm³/mol. The van der Waals surface area contributed by atoms with Crippen LogP contribution in [-0.4, -0.2) is 18.1 Å². The zero-order valence-corrected chi connectivity index (χ0v) is 13.5. The van der Waals surface area contributed by atoms with Crippen LogP contribution in [0.3, 0.4) is 0 Å². The topological polar surface area (TPSA) is 34.2 Å². The van der Waals surface area contributed by atoms with Crippen LogP contribution < -0.4 is 10.1 Å². The smallest absolute Gasteiger partial charge is 0.137 e. The molecule has 3 heteroatoms. The molecule has 114 valence electrons. The lowest BCUT2D eigenvalue weighted by Gasteiger charge is -2.20. The van der Waals surface area contributed by atoms with Crippen LogP contribution in [0.1, 0.15) is 65.0 Å². The molecule has 20 heavy (non-hydrogen) atoms. The summed E-state index contributed by atoms with van der Waals surface area (Å²) in [6, 6.07) is 2.52. The summed E-state index contributed by atoms with van der Waals surface area (Å²) >= 11 is 0. The molecule has 1 rings (SSSR count). The fraction of sp³-hybridized carbons (Fsp3) is 0.706. The number of aromatic nitrogens is 1. The lowest BCUT2D eigenvalue weighted by atomic mass is 9.98. The van der Waals surface area contributed by atoms with E-state index in [0.717, 1.165) is 44.1 Å². The van der Waals surface area contributed by atoms with Gasteiger partial charge >= 0.3 is 0 Å². The molecule has 1 atom stereocenters. The highest BCUT2D eigenvalue weighted by molar-refractivity contribution is 5.26. The molecule has 1 N–H and O–H groups in total. The summed E-state index contributed by atoms with van der Waals surface area (Å²) in [6.07, 6.45) is 8.32. The molecule has 1 aromatic rings. The number of ether oxygens (including phenoxy) is 1. The van der Waals surface area contributed by atoms with Crippen molar-refractivity contribution in [2.75, 3.05) is 13.2 Å². The van der Waals surface area contributed by atoms with Gasteiger partial charge < -0.3 is 10.1 Å². The van der Waals surface area contributed by atoms with Gasteiger partial charge in [-0.2, -0.15) is 0 Å². The molecule has 1 heterocycles. The van der Waals surface area contributed by atoms with E-state index in [4.69, 9.17) is 4.74 Å². The highest BCUT2D eigenvalue weighted by atomic mass is 16.5.